The molecule has 4 rings (SSSR count). The number of hydrogen-bond acceptors (Lipinski definition) is 3. The van der Waals surface area contributed by atoms with Gasteiger partial charge < -0.3 is 20.2 Å². The van der Waals surface area contributed by atoms with Crippen LogP contribution in [0.1, 0.15) is 58.2 Å². The van der Waals surface area contributed by atoms with Crippen LogP contribution in [0.3, 0.4) is 0 Å². The molecule has 0 radical (unpaired) electrons. The lowest BCUT2D eigenvalue weighted by Gasteiger charge is -2.17. The molecule has 3 aromatic rings. The Morgan fingerprint density at radius 1 is 1.15 bits per heavy atom. The molecule has 3 heterocycles. The second kappa shape index (κ2) is 8.94. The maximum absolute atomic E-state index is 13.4. The van der Waals surface area contributed by atoms with Crippen molar-refractivity contribution in [2.75, 3.05) is 6.54 Å². The molecule has 0 spiro atoms. The molecule has 0 fully saturated rings. The number of nitrogens with zero attached hydrogens (tertiary/aromatic N) is 1. The van der Waals surface area contributed by atoms with Crippen molar-refractivity contribution in [3.05, 3.63) is 85.6 Å². The summed E-state index contributed by atoms with van der Waals surface area (Å²) in [6.07, 6.45) is 5.89. The number of pyridine rings is 1. The van der Waals surface area contributed by atoms with E-state index in [1.54, 1.807) is 0 Å². The Morgan fingerprint density at radius 3 is 2.55 bits per heavy atom. The topological polar surface area (TPSA) is 78.9 Å². The summed E-state index contributed by atoms with van der Waals surface area (Å²) in [7, 11) is 0. The van der Waals surface area contributed by atoms with E-state index in [2.05, 4.69) is 46.3 Å². The summed E-state index contributed by atoms with van der Waals surface area (Å²) < 4.78 is 2.19. The SMILES string of the molecule is Cc1cc(C)c(CNC(=O)c2cc(C3=CC=C(Cl)NC3)cc3c2c(C)cn3C(C)C)c(=O)[nH]1. The van der Waals surface area contributed by atoms with E-state index < -0.39 is 0 Å². The number of hydrogen-bond donors (Lipinski definition) is 3. The second-order valence-electron chi connectivity index (χ2n) is 8.92. The Labute approximate surface area is 198 Å². The molecule has 33 heavy (non-hydrogen) atoms. The number of H-pyrrole nitrogens is 1. The molecule has 7 heteroatoms. The van der Waals surface area contributed by atoms with Crippen molar-refractivity contribution in [2.45, 2.75) is 47.2 Å². The molecule has 3 N–H and O–H groups in total. The number of fused-ring (bicyclic) bond motifs is 1. The average Bonchev–Trinajstić information content (AvgIpc) is 3.09. The van der Waals surface area contributed by atoms with Crippen molar-refractivity contribution >= 4 is 34.0 Å². The first-order chi connectivity index (χ1) is 15.7. The number of rotatable bonds is 5. The number of carbonyl (C=O) groups excluding carboxylic acids is 1. The van der Waals surface area contributed by atoms with E-state index in [-0.39, 0.29) is 24.1 Å². The maximum Gasteiger partial charge on any atom is 0.253 e. The lowest BCUT2D eigenvalue weighted by Crippen LogP contribution is -2.28. The molecule has 6 nitrogen and oxygen atoms in total. The van der Waals surface area contributed by atoms with Crippen molar-refractivity contribution in [3.63, 3.8) is 0 Å². The fourth-order valence-corrected chi connectivity index (χ4v) is 4.54. The smallest absolute Gasteiger partial charge is 0.253 e. The van der Waals surface area contributed by atoms with Crippen LogP contribution in [0.25, 0.3) is 16.5 Å². The zero-order valence-corrected chi connectivity index (χ0v) is 20.4. The number of carbonyl (C=O) groups is 1. The molecule has 2 aromatic heterocycles. The van der Waals surface area contributed by atoms with Gasteiger partial charge in [0.2, 0.25) is 0 Å². The quantitative estimate of drug-likeness (QED) is 0.473. The van der Waals surface area contributed by atoms with Gasteiger partial charge in [-0.1, -0.05) is 17.7 Å². The lowest BCUT2D eigenvalue weighted by molar-refractivity contribution is 0.0952. The van der Waals surface area contributed by atoms with Crippen molar-refractivity contribution in [3.8, 4) is 0 Å². The highest BCUT2D eigenvalue weighted by molar-refractivity contribution is 6.29. The molecule has 0 unspecified atom stereocenters. The molecule has 1 aromatic carbocycles. The highest BCUT2D eigenvalue weighted by atomic mass is 35.5. The number of nitrogens with one attached hydrogen (secondary N) is 3. The summed E-state index contributed by atoms with van der Waals surface area (Å²) >= 11 is 6.06. The Hall–Kier alpha value is -3.25. The van der Waals surface area contributed by atoms with Crippen LogP contribution in [-0.2, 0) is 6.54 Å². The first-order valence-electron chi connectivity index (χ1n) is 11.1. The summed E-state index contributed by atoms with van der Waals surface area (Å²) in [5.74, 6) is -0.205. The van der Waals surface area contributed by atoms with Crippen molar-refractivity contribution in [2.24, 2.45) is 0 Å². The summed E-state index contributed by atoms with van der Waals surface area (Å²) in [5, 5.41) is 7.64. The van der Waals surface area contributed by atoms with Crippen LogP contribution in [0.2, 0.25) is 0 Å². The Kier molecular flexibility index (Phi) is 6.21. The molecular formula is C26H29ClN4O2. The van der Waals surface area contributed by atoms with Gasteiger partial charge >= 0.3 is 0 Å². The standard InChI is InChI=1S/C26H29ClN4O2/c1-14(2)31-13-16(4)24-20(9-19(10-22(24)31)18-6-7-23(27)28-11-18)25(32)29-12-21-15(3)8-17(5)30-26(21)33/h6-10,13-14,28H,11-12H2,1-5H3,(H,29,32)(H,30,33). The largest absolute Gasteiger partial charge is 0.372 e. The minimum absolute atomic E-state index is 0.165. The van der Waals surface area contributed by atoms with E-state index in [0.717, 1.165) is 38.9 Å². The Morgan fingerprint density at radius 2 is 1.91 bits per heavy atom. The molecule has 1 amide bonds. The van der Waals surface area contributed by atoms with Crippen molar-refractivity contribution in [1.82, 2.24) is 20.2 Å². The van der Waals surface area contributed by atoms with Gasteiger partial charge in [-0.05, 0) is 81.2 Å². The third-order valence-corrected chi connectivity index (χ3v) is 6.35. The van der Waals surface area contributed by atoms with Crippen LogP contribution in [0, 0.1) is 20.8 Å². The molecular weight excluding hydrogens is 436 g/mol. The number of dihydropyridines is 1. The molecule has 0 atom stereocenters. The fourth-order valence-electron chi connectivity index (χ4n) is 4.41. The highest BCUT2D eigenvalue weighted by Crippen LogP contribution is 2.32. The Balaban J connectivity index is 1.78. The summed E-state index contributed by atoms with van der Waals surface area (Å²) in [5.41, 5.74) is 6.72. The van der Waals surface area contributed by atoms with Gasteiger partial charge in [-0.2, -0.15) is 0 Å². The predicted octanol–water partition coefficient (Wildman–Crippen LogP) is 4.83. The normalized spacial score (nSPS) is 13.7. The van der Waals surface area contributed by atoms with Gasteiger partial charge in [0.1, 0.15) is 5.16 Å². The first-order valence-corrected chi connectivity index (χ1v) is 11.5. The van der Waals surface area contributed by atoms with E-state index in [1.165, 1.54) is 0 Å². The number of halogens is 1. The number of allylic oxidation sites excluding steroid dienone is 2. The van der Waals surface area contributed by atoms with E-state index in [9.17, 15) is 9.59 Å². The minimum Gasteiger partial charge on any atom is -0.372 e. The van der Waals surface area contributed by atoms with E-state index in [0.29, 0.717) is 22.8 Å². The van der Waals surface area contributed by atoms with Gasteiger partial charge in [-0.3, -0.25) is 9.59 Å². The second-order valence-corrected chi connectivity index (χ2v) is 9.32. The summed E-state index contributed by atoms with van der Waals surface area (Å²) in [6, 6.07) is 6.22. The van der Waals surface area contributed by atoms with Crippen molar-refractivity contribution < 1.29 is 4.79 Å². The van der Waals surface area contributed by atoms with Gasteiger partial charge in [-0.15, -0.1) is 0 Å². The zero-order valence-electron chi connectivity index (χ0n) is 19.6. The number of amides is 1. The van der Waals surface area contributed by atoms with Gasteiger partial charge in [0.15, 0.2) is 0 Å². The maximum atomic E-state index is 13.4. The van der Waals surface area contributed by atoms with Crippen LogP contribution in [0.5, 0.6) is 0 Å². The van der Waals surface area contributed by atoms with Crippen LogP contribution < -0.4 is 16.2 Å². The minimum atomic E-state index is -0.205. The van der Waals surface area contributed by atoms with Crippen LogP contribution >= 0.6 is 11.6 Å². The number of aromatic amines is 1. The molecule has 1 aliphatic heterocycles. The lowest BCUT2D eigenvalue weighted by atomic mass is 9.97. The van der Waals surface area contributed by atoms with E-state index >= 15 is 0 Å². The number of aromatic nitrogens is 2. The highest BCUT2D eigenvalue weighted by Gasteiger charge is 2.20. The van der Waals surface area contributed by atoms with Crippen LogP contribution in [0.15, 0.2) is 46.5 Å². The third-order valence-electron chi connectivity index (χ3n) is 6.09. The number of aryl methyl sites for hydroxylation is 3. The molecule has 172 valence electrons. The Bertz CT molecular complexity index is 1380. The third kappa shape index (κ3) is 4.48. The monoisotopic (exact) mass is 464 g/mol. The molecule has 0 aliphatic carbocycles. The van der Waals surface area contributed by atoms with Crippen LogP contribution in [0.4, 0.5) is 0 Å². The first kappa shape index (κ1) is 22.9. The summed E-state index contributed by atoms with van der Waals surface area (Å²) in [6.45, 7) is 10.8. The molecule has 1 aliphatic rings. The molecule has 0 saturated heterocycles. The molecule has 0 bridgehead atoms. The van der Waals surface area contributed by atoms with Gasteiger partial charge in [0.05, 0.1) is 0 Å². The average molecular weight is 465 g/mol. The fraction of sp³-hybridized carbons (Fsp3) is 0.308. The summed E-state index contributed by atoms with van der Waals surface area (Å²) in [4.78, 5) is 28.7. The van der Waals surface area contributed by atoms with E-state index in [1.807, 2.05) is 45.1 Å². The van der Waals surface area contributed by atoms with Gasteiger partial charge in [0, 0.05) is 53.1 Å². The molecule has 0 saturated carbocycles. The van der Waals surface area contributed by atoms with E-state index in [4.69, 9.17) is 11.6 Å². The zero-order chi connectivity index (χ0) is 23.9. The van der Waals surface area contributed by atoms with Crippen molar-refractivity contribution in [1.29, 1.82) is 0 Å². The number of benzene rings is 1. The van der Waals surface area contributed by atoms with Gasteiger partial charge in [-0.25, -0.2) is 0 Å². The van der Waals surface area contributed by atoms with Crippen LogP contribution in [-0.4, -0.2) is 22.0 Å². The van der Waals surface area contributed by atoms with Gasteiger partial charge in [0.25, 0.3) is 11.5 Å². The predicted molar refractivity (Wildman–Crippen MR) is 135 cm³/mol.